The minimum Gasteiger partial charge on any atom is -0.368 e. The molecule has 1 aromatic carbocycles. The first-order valence-corrected chi connectivity index (χ1v) is 8.92. The van der Waals surface area contributed by atoms with Crippen molar-refractivity contribution in [2.45, 2.75) is 30.2 Å². The van der Waals surface area contributed by atoms with Crippen molar-refractivity contribution < 1.29 is 18.0 Å². The lowest BCUT2D eigenvalue weighted by Gasteiger charge is -2.33. The zero-order chi connectivity index (χ0) is 18.0. The summed E-state index contributed by atoms with van der Waals surface area (Å²) < 4.78 is 40.7. The molecule has 25 heavy (non-hydrogen) atoms. The van der Waals surface area contributed by atoms with Crippen LogP contribution in [0.2, 0.25) is 0 Å². The first-order chi connectivity index (χ1) is 11.8. The van der Waals surface area contributed by atoms with E-state index >= 15 is 0 Å². The van der Waals surface area contributed by atoms with E-state index in [2.05, 4.69) is 0 Å². The number of benzene rings is 1. The summed E-state index contributed by atoms with van der Waals surface area (Å²) >= 11 is 1.29. The van der Waals surface area contributed by atoms with E-state index in [1.807, 2.05) is 0 Å². The highest BCUT2D eigenvalue weighted by atomic mass is 32.2. The molecule has 3 aliphatic rings. The molecule has 2 bridgehead atoms. The maximum atomic E-state index is 13.2. The Kier molecular flexibility index (Phi) is 3.52. The fourth-order valence-electron chi connectivity index (χ4n) is 4.86. The van der Waals surface area contributed by atoms with Gasteiger partial charge in [-0.15, -0.1) is 0 Å². The quantitative estimate of drug-likeness (QED) is 0.814. The van der Waals surface area contributed by atoms with Crippen LogP contribution in [0.25, 0.3) is 0 Å². The second-order valence-electron chi connectivity index (χ2n) is 7.03. The van der Waals surface area contributed by atoms with Gasteiger partial charge >= 0.3 is 6.18 Å². The van der Waals surface area contributed by atoms with Crippen molar-refractivity contribution in [3.63, 3.8) is 0 Å². The number of alkyl halides is 3. The van der Waals surface area contributed by atoms with Crippen molar-refractivity contribution >= 4 is 23.5 Å². The van der Waals surface area contributed by atoms with E-state index in [9.17, 15) is 18.0 Å². The molecular formula is C17H16F3N3OS. The second-order valence-corrected chi connectivity index (χ2v) is 8.32. The SMILES string of the molecule is N#Cc1ccc(N2C[C@H]3[C@H]4CC[C@H](C4)[C@@]3(C(N)=O)S2)cc1C(F)(F)F. The summed E-state index contributed by atoms with van der Waals surface area (Å²) in [6.07, 6.45) is -1.61. The third kappa shape index (κ3) is 2.25. The number of nitrogens with zero attached hydrogens (tertiary/aromatic N) is 2. The third-order valence-corrected chi connectivity index (χ3v) is 7.65. The largest absolute Gasteiger partial charge is 0.417 e. The molecule has 1 aromatic rings. The molecule has 0 spiro atoms. The van der Waals surface area contributed by atoms with Gasteiger partial charge in [-0.2, -0.15) is 18.4 Å². The maximum Gasteiger partial charge on any atom is 0.417 e. The van der Waals surface area contributed by atoms with Crippen molar-refractivity contribution in [3.8, 4) is 6.07 Å². The third-order valence-electron chi connectivity index (χ3n) is 5.93. The van der Waals surface area contributed by atoms with Crippen molar-refractivity contribution in [2.75, 3.05) is 10.8 Å². The smallest absolute Gasteiger partial charge is 0.368 e. The van der Waals surface area contributed by atoms with Gasteiger partial charge in [0.1, 0.15) is 4.75 Å². The van der Waals surface area contributed by atoms with Crippen LogP contribution in [0.3, 0.4) is 0 Å². The van der Waals surface area contributed by atoms with Gasteiger partial charge in [0.15, 0.2) is 0 Å². The van der Waals surface area contributed by atoms with Crippen LogP contribution >= 0.6 is 11.9 Å². The second kappa shape index (κ2) is 5.31. The lowest BCUT2D eigenvalue weighted by Crippen LogP contribution is -2.49. The van der Waals surface area contributed by atoms with Crippen molar-refractivity contribution in [3.05, 3.63) is 29.3 Å². The number of rotatable bonds is 2. The molecule has 0 aromatic heterocycles. The Morgan fingerprint density at radius 1 is 1.40 bits per heavy atom. The molecule has 4 rings (SSSR count). The molecule has 1 amide bonds. The van der Waals surface area contributed by atoms with Gasteiger partial charge in [0.05, 0.1) is 17.2 Å². The van der Waals surface area contributed by atoms with Gasteiger partial charge in [-0.25, -0.2) is 0 Å². The van der Waals surface area contributed by atoms with Gasteiger partial charge in [-0.3, -0.25) is 4.79 Å². The number of fused-ring (bicyclic) bond motifs is 5. The highest BCUT2D eigenvalue weighted by molar-refractivity contribution is 8.03. The summed E-state index contributed by atoms with van der Waals surface area (Å²) in [5.74, 6) is 0.339. The van der Waals surface area contributed by atoms with Crippen LogP contribution in [0.4, 0.5) is 18.9 Å². The molecule has 8 heteroatoms. The Hall–Kier alpha value is -1.88. The lowest BCUT2D eigenvalue weighted by molar-refractivity contribution is -0.137. The molecule has 1 saturated heterocycles. The van der Waals surface area contributed by atoms with Crippen LogP contribution < -0.4 is 10.0 Å². The molecule has 1 heterocycles. The standard InChI is InChI=1S/C17H16F3N3OS/c18-17(19,20)13-6-12(4-2-10(13)7-21)23-8-14-9-1-3-11(5-9)16(14,25-23)15(22)24/h2,4,6,9,11,14H,1,3,5,8H2,(H2,22,24)/t9-,11+,14-,16+/m0/s1. The Morgan fingerprint density at radius 3 is 2.76 bits per heavy atom. The molecule has 2 saturated carbocycles. The predicted octanol–water partition coefficient (Wildman–Crippen LogP) is 3.32. The Bertz CT molecular complexity index is 790. The van der Waals surface area contributed by atoms with Crippen LogP contribution in [-0.4, -0.2) is 17.2 Å². The monoisotopic (exact) mass is 367 g/mol. The minimum atomic E-state index is -4.60. The number of hydrogen-bond donors (Lipinski definition) is 1. The van der Waals surface area contributed by atoms with E-state index in [1.54, 1.807) is 10.4 Å². The van der Waals surface area contributed by atoms with Crippen LogP contribution in [0.15, 0.2) is 18.2 Å². The van der Waals surface area contributed by atoms with Gasteiger partial charge in [0, 0.05) is 18.2 Å². The number of nitrogens with two attached hydrogens (primary N) is 1. The molecule has 132 valence electrons. The van der Waals surface area contributed by atoms with E-state index < -0.39 is 22.1 Å². The summed E-state index contributed by atoms with van der Waals surface area (Å²) in [4.78, 5) is 12.3. The average Bonchev–Trinajstić information content (AvgIpc) is 3.24. The molecule has 2 N–H and O–H groups in total. The zero-order valence-electron chi connectivity index (χ0n) is 13.2. The van der Waals surface area contributed by atoms with E-state index in [1.165, 1.54) is 24.1 Å². The Morgan fingerprint density at radius 2 is 2.16 bits per heavy atom. The van der Waals surface area contributed by atoms with Crippen molar-refractivity contribution in [2.24, 2.45) is 23.5 Å². The zero-order valence-corrected chi connectivity index (χ0v) is 14.0. The number of hydrogen-bond acceptors (Lipinski definition) is 4. The number of carbonyl (C=O) groups is 1. The van der Waals surface area contributed by atoms with E-state index in [-0.39, 0.29) is 17.7 Å². The van der Waals surface area contributed by atoms with Crippen molar-refractivity contribution in [1.29, 1.82) is 5.26 Å². The first-order valence-electron chi connectivity index (χ1n) is 8.15. The summed E-state index contributed by atoms with van der Waals surface area (Å²) in [5, 5.41) is 8.93. The van der Waals surface area contributed by atoms with Gasteiger partial charge in [0.2, 0.25) is 5.91 Å². The molecule has 3 fully saturated rings. The van der Waals surface area contributed by atoms with E-state index in [4.69, 9.17) is 11.0 Å². The van der Waals surface area contributed by atoms with Crippen LogP contribution in [0.1, 0.15) is 30.4 Å². The van der Waals surface area contributed by atoms with Gasteiger partial charge in [-0.05, 0) is 61.2 Å². The topological polar surface area (TPSA) is 70.1 Å². The molecule has 0 radical (unpaired) electrons. The van der Waals surface area contributed by atoms with Crippen molar-refractivity contribution in [1.82, 2.24) is 0 Å². The van der Waals surface area contributed by atoms with E-state index in [0.29, 0.717) is 18.2 Å². The van der Waals surface area contributed by atoms with Crippen LogP contribution in [0.5, 0.6) is 0 Å². The Labute approximate surface area is 147 Å². The molecule has 0 unspecified atom stereocenters. The predicted molar refractivity (Wildman–Crippen MR) is 87.3 cm³/mol. The fraction of sp³-hybridized carbons (Fsp3) is 0.529. The summed E-state index contributed by atoms with van der Waals surface area (Å²) in [6.45, 7) is 0.512. The van der Waals surface area contributed by atoms with Gasteiger partial charge in [0.25, 0.3) is 0 Å². The Balaban J connectivity index is 1.71. The normalized spacial score (nSPS) is 33.4. The number of amides is 1. The molecule has 1 aliphatic heterocycles. The molecule has 4 atom stereocenters. The maximum absolute atomic E-state index is 13.2. The molecule has 4 nitrogen and oxygen atoms in total. The lowest BCUT2D eigenvalue weighted by atomic mass is 9.78. The number of halogens is 3. The number of carbonyl (C=O) groups excluding carboxylic acids is 1. The van der Waals surface area contributed by atoms with Crippen LogP contribution in [0, 0.1) is 29.1 Å². The highest BCUT2D eigenvalue weighted by Gasteiger charge is 2.66. The molecule has 2 aliphatic carbocycles. The van der Waals surface area contributed by atoms with Gasteiger partial charge < -0.3 is 10.0 Å². The first kappa shape index (κ1) is 16.6. The number of anilines is 1. The number of primary amides is 1. The average molecular weight is 367 g/mol. The summed E-state index contributed by atoms with van der Waals surface area (Å²) in [6, 6.07) is 5.30. The minimum absolute atomic E-state index is 0.0822. The van der Waals surface area contributed by atoms with E-state index in [0.717, 1.165) is 25.3 Å². The van der Waals surface area contributed by atoms with Crippen LogP contribution in [-0.2, 0) is 11.0 Å². The summed E-state index contributed by atoms with van der Waals surface area (Å²) in [7, 11) is 0. The molecular weight excluding hydrogens is 351 g/mol. The van der Waals surface area contributed by atoms with Gasteiger partial charge in [-0.1, -0.05) is 0 Å². The summed E-state index contributed by atoms with van der Waals surface area (Å²) in [5.41, 5.74) is 4.76. The highest BCUT2D eigenvalue weighted by Crippen LogP contribution is 2.65. The fourth-order valence-corrected chi connectivity index (χ4v) is 6.53. The number of nitriles is 1.